The van der Waals surface area contributed by atoms with Crippen LogP contribution >= 0.6 is 15.9 Å². The summed E-state index contributed by atoms with van der Waals surface area (Å²) in [5, 5.41) is 12.3. The Morgan fingerprint density at radius 1 is 1.20 bits per heavy atom. The number of carbonyl (C=O) groups is 1. The van der Waals surface area contributed by atoms with Crippen molar-refractivity contribution in [3.05, 3.63) is 57.3 Å². The van der Waals surface area contributed by atoms with Gasteiger partial charge in [0.15, 0.2) is 0 Å². The van der Waals surface area contributed by atoms with E-state index in [1.165, 1.54) is 6.07 Å². The molecule has 0 spiro atoms. The maximum absolute atomic E-state index is 13.4. The Bertz CT molecular complexity index is 686. The van der Waals surface area contributed by atoms with Gasteiger partial charge in [-0.15, -0.1) is 0 Å². The molecule has 0 aliphatic heterocycles. The zero-order chi connectivity index (χ0) is 14.9. The van der Waals surface area contributed by atoms with Crippen molar-refractivity contribution < 1.29 is 14.3 Å². The molecule has 0 aromatic heterocycles. The number of hydrogen-bond donors (Lipinski definition) is 2. The lowest BCUT2D eigenvalue weighted by atomic mass is 10.1. The number of aromatic carboxylic acids is 1. The molecule has 2 N–H and O–H groups in total. The molecular weight excluding hydrogens is 325 g/mol. The third-order valence-electron chi connectivity index (χ3n) is 2.94. The van der Waals surface area contributed by atoms with Gasteiger partial charge in [0.25, 0.3) is 0 Å². The molecule has 0 aliphatic carbocycles. The van der Waals surface area contributed by atoms with E-state index in [1.807, 2.05) is 13.0 Å². The predicted octanol–water partition coefficient (Wildman–Crippen LogP) is 4.65. The van der Waals surface area contributed by atoms with Crippen LogP contribution in [0.4, 0.5) is 15.8 Å². The fourth-order valence-corrected chi connectivity index (χ4v) is 2.21. The molecule has 0 saturated carbocycles. The van der Waals surface area contributed by atoms with Gasteiger partial charge >= 0.3 is 5.97 Å². The second-order valence-electron chi connectivity index (χ2n) is 4.56. The number of anilines is 2. The van der Waals surface area contributed by atoms with Gasteiger partial charge in [0.05, 0.1) is 15.7 Å². The van der Waals surface area contributed by atoms with Crippen LogP contribution in [0.5, 0.6) is 0 Å². The fraction of sp³-hybridized carbons (Fsp3) is 0.133. The summed E-state index contributed by atoms with van der Waals surface area (Å²) >= 11 is 3.12. The molecule has 0 radical (unpaired) electrons. The lowest BCUT2D eigenvalue weighted by Crippen LogP contribution is -2.04. The minimum atomic E-state index is -1.00. The SMILES string of the molecule is Cc1ccc(Nc2cc(Br)c(F)cc2C)c(C(=O)O)c1. The van der Waals surface area contributed by atoms with Gasteiger partial charge in [-0.3, -0.25) is 0 Å². The van der Waals surface area contributed by atoms with Crippen LogP contribution in [-0.2, 0) is 0 Å². The van der Waals surface area contributed by atoms with Crippen molar-refractivity contribution >= 4 is 33.3 Å². The van der Waals surface area contributed by atoms with E-state index in [1.54, 1.807) is 25.1 Å². The molecule has 104 valence electrons. The summed E-state index contributed by atoms with van der Waals surface area (Å²) in [4.78, 5) is 11.3. The molecule has 5 heteroatoms. The van der Waals surface area contributed by atoms with E-state index in [-0.39, 0.29) is 11.4 Å². The zero-order valence-electron chi connectivity index (χ0n) is 11.0. The molecule has 0 heterocycles. The summed E-state index contributed by atoms with van der Waals surface area (Å²) in [6, 6.07) is 8.11. The normalized spacial score (nSPS) is 10.4. The molecule has 3 nitrogen and oxygen atoms in total. The summed E-state index contributed by atoms with van der Waals surface area (Å²) in [5.74, 6) is -1.36. The molecule has 20 heavy (non-hydrogen) atoms. The van der Waals surface area contributed by atoms with E-state index in [2.05, 4.69) is 21.2 Å². The Morgan fingerprint density at radius 2 is 1.90 bits per heavy atom. The highest BCUT2D eigenvalue weighted by molar-refractivity contribution is 9.10. The van der Waals surface area contributed by atoms with E-state index < -0.39 is 5.97 Å². The number of halogens is 2. The van der Waals surface area contributed by atoms with Crippen molar-refractivity contribution in [2.24, 2.45) is 0 Å². The number of aryl methyl sites for hydroxylation is 2. The predicted molar refractivity (Wildman–Crippen MR) is 80.3 cm³/mol. The highest BCUT2D eigenvalue weighted by Gasteiger charge is 2.12. The second kappa shape index (κ2) is 5.63. The molecule has 2 aromatic carbocycles. The van der Waals surface area contributed by atoms with Crippen LogP contribution in [-0.4, -0.2) is 11.1 Å². The molecule has 2 aromatic rings. The van der Waals surface area contributed by atoms with E-state index in [0.29, 0.717) is 21.4 Å². The Kier molecular flexibility index (Phi) is 4.09. The lowest BCUT2D eigenvalue weighted by molar-refractivity contribution is 0.0698. The van der Waals surface area contributed by atoms with Gasteiger partial charge in [-0.1, -0.05) is 11.6 Å². The van der Waals surface area contributed by atoms with Gasteiger partial charge in [-0.2, -0.15) is 0 Å². The van der Waals surface area contributed by atoms with Crippen molar-refractivity contribution in [2.75, 3.05) is 5.32 Å². The number of rotatable bonds is 3. The van der Waals surface area contributed by atoms with Gasteiger partial charge in [0.2, 0.25) is 0 Å². The summed E-state index contributed by atoms with van der Waals surface area (Å²) in [7, 11) is 0. The average molecular weight is 338 g/mol. The van der Waals surface area contributed by atoms with Crippen LogP contribution in [0.15, 0.2) is 34.8 Å². The molecular formula is C15H13BrFNO2. The highest BCUT2D eigenvalue weighted by Crippen LogP contribution is 2.28. The first-order valence-electron chi connectivity index (χ1n) is 5.95. The highest BCUT2D eigenvalue weighted by atomic mass is 79.9. The number of nitrogens with one attached hydrogen (secondary N) is 1. The Labute approximate surface area is 124 Å². The standard InChI is InChI=1S/C15H13BrFNO2/c1-8-3-4-13(10(5-8)15(19)20)18-14-7-11(16)12(17)6-9(14)2/h3-7,18H,1-2H3,(H,19,20). The molecule has 0 unspecified atom stereocenters. The number of carboxylic acids is 1. The van der Waals surface area contributed by atoms with Gasteiger partial charge < -0.3 is 10.4 Å². The molecule has 0 bridgehead atoms. The largest absolute Gasteiger partial charge is 0.478 e. The van der Waals surface area contributed by atoms with Crippen molar-refractivity contribution in [3.63, 3.8) is 0 Å². The van der Waals surface area contributed by atoms with Crippen molar-refractivity contribution in [3.8, 4) is 0 Å². The van der Waals surface area contributed by atoms with E-state index >= 15 is 0 Å². The quantitative estimate of drug-likeness (QED) is 0.857. The molecule has 0 atom stereocenters. The molecule has 0 aliphatic rings. The lowest BCUT2D eigenvalue weighted by Gasteiger charge is -2.13. The van der Waals surface area contributed by atoms with Gasteiger partial charge in [0.1, 0.15) is 5.82 Å². The topological polar surface area (TPSA) is 49.3 Å². The van der Waals surface area contributed by atoms with Crippen LogP contribution in [0.1, 0.15) is 21.5 Å². The first-order chi connectivity index (χ1) is 9.38. The Balaban J connectivity index is 2.45. The van der Waals surface area contributed by atoms with Crippen LogP contribution in [0.25, 0.3) is 0 Å². The van der Waals surface area contributed by atoms with Crippen LogP contribution in [0.3, 0.4) is 0 Å². The number of carboxylic acid groups (broad SMARTS) is 1. The average Bonchev–Trinajstić information content (AvgIpc) is 2.37. The van der Waals surface area contributed by atoms with Gasteiger partial charge in [-0.05, 0) is 59.6 Å². The van der Waals surface area contributed by atoms with Crippen molar-refractivity contribution in [1.82, 2.24) is 0 Å². The number of benzene rings is 2. The summed E-state index contributed by atoms with van der Waals surface area (Å²) in [6.45, 7) is 3.59. The first-order valence-corrected chi connectivity index (χ1v) is 6.74. The first kappa shape index (κ1) is 14.5. The van der Waals surface area contributed by atoms with Gasteiger partial charge in [0, 0.05) is 5.69 Å². The van der Waals surface area contributed by atoms with Gasteiger partial charge in [-0.25, -0.2) is 9.18 Å². The third kappa shape index (κ3) is 2.99. The molecule has 0 fully saturated rings. The summed E-state index contributed by atoms with van der Waals surface area (Å²) in [5.41, 5.74) is 2.88. The Hall–Kier alpha value is -1.88. The van der Waals surface area contributed by atoms with E-state index in [4.69, 9.17) is 0 Å². The van der Waals surface area contributed by atoms with Crippen molar-refractivity contribution in [2.45, 2.75) is 13.8 Å². The fourth-order valence-electron chi connectivity index (χ4n) is 1.87. The van der Waals surface area contributed by atoms with Crippen LogP contribution in [0.2, 0.25) is 0 Å². The molecule has 0 amide bonds. The maximum Gasteiger partial charge on any atom is 0.337 e. The van der Waals surface area contributed by atoms with Crippen molar-refractivity contribution in [1.29, 1.82) is 0 Å². The minimum Gasteiger partial charge on any atom is -0.478 e. The molecule has 0 saturated heterocycles. The smallest absolute Gasteiger partial charge is 0.337 e. The third-order valence-corrected chi connectivity index (χ3v) is 3.55. The second-order valence-corrected chi connectivity index (χ2v) is 5.41. The van der Waals surface area contributed by atoms with Crippen LogP contribution < -0.4 is 5.32 Å². The van der Waals surface area contributed by atoms with E-state index in [0.717, 1.165) is 5.56 Å². The summed E-state index contributed by atoms with van der Waals surface area (Å²) in [6.07, 6.45) is 0. The number of hydrogen-bond acceptors (Lipinski definition) is 2. The zero-order valence-corrected chi connectivity index (χ0v) is 12.6. The van der Waals surface area contributed by atoms with Crippen LogP contribution in [0, 0.1) is 19.7 Å². The monoisotopic (exact) mass is 337 g/mol. The summed E-state index contributed by atoms with van der Waals surface area (Å²) < 4.78 is 13.7. The molecule has 2 rings (SSSR count). The minimum absolute atomic E-state index is 0.185. The van der Waals surface area contributed by atoms with E-state index in [9.17, 15) is 14.3 Å². The maximum atomic E-state index is 13.4. The Morgan fingerprint density at radius 3 is 2.55 bits per heavy atom.